The lowest BCUT2D eigenvalue weighted by Crippen LogP contribution is -2.38. The quantitative estimate of drug-likeness (QED) is 0.821. The van der Waals surface area contributed by atoms with Crippen molar-refractivity contribution in [3.05, 3.63) is 59.9 Å². The number of carbonyl (C=O) groups is 1. The van der Waals surface area contributed by atoms with Crippen LogP contribution in [-0.4, -0.2) is 50.2 Å². The van der Waals surface area contributed by atoms with E-state index in [1.54, 1.807) is 18.2 Å². The molecule has 1 saturated heterocycles. The molecule has 132 valence electrons. The number of ether oxygens (including phenoxy) is 1. The van der Waals surface area contributed by atoms with Crippen molar-refractivity contribution in [2.24, 2.45) is 0 Å². The van der Waals surface area contributed by atoms with Crippen LogP contribution in [0.2, 0.25) is 0 Å². The molecule has 1 fully saturated rings. The van der Waals surface area contributed by atoms with Gasteiger partial charge in [-0.05, 0) is 48.4 Å². The van der Waals surface area contributed by atoms with Crippen LogP contribution >= 0.6 is 0 Å². The third kappa shape index (κ3) is 5.11. The summed E-state index contributed by atoms with van der Waals surface area (Å²) in [6, 6.07) is 13.7. The predicted octanol–water partition coefficient (Wildman–Crippen LogP) is 2.94. The molecule has 4 nitrogen and oxygen atoms in total. The summed E-state index contributed by atoms with van der Waals surface area (Å²) in [6.07, 6.45) is 0.920. The number of hydrogen-bond donors (Lipinski definition) is 1. The van der Waals surface area contributed by atoms with Crippen molar-refractivity contribution < 1.29 is 13.9 Å². The van der Waals surface area contributed by atoms with Gasteiger partial charge in [-0.2, -0.15) is 0 Å². The summed E-state index contributed by atoms with van der Waals surface area (Å²) >= 11 is 0. The van der Waals surface area contributed by atoms with Gasteiger partial charge in [0, 0.05) is 25.2 Å². The Kier molecular flexibility index (Phi) is 6.14. The van der Waals surface area contributed by atoms with Crippen molar-refractivity contribution in [1.82, 2.24) is 10.2 Å². The molecule has 1 aliphatic rings. The number of benzene rings is 2. The SMILES string of the molecule is O=C(NCCCN1CCOCC1)c1cccc(-c2ccc(F)cc2)c1. The minimum atomic E-state index is -0.266. The zero-order valence-corrected chi connectivity index (χ0v) is 14.2. The van der Waals surface area contributed by atoms with E-state index in [1.807, 2.05) is 18.2 Å². The van der Waals surface area contributed by atoms with Gasteiger partial charge in [0.1, 0.15) is 5.82 Å². The molecule has 0 unspecified atom stereocenters. The second-order valence-corrected chi connectivity index (χ2v) is 6.15. The Morgan fingerprint density at radius 1 is 1.08 bits per heavy atom. The number of nitrogens with one attached hydrogen (secondary N) is 1. The largest absolute Gasteiger partial charge is 0.379 e. The highest BCUT2D eigenvalue weighted by atomic mass is 19.1. The van der Waals surface area contributed by atoms with Gasteiger partial charge in [-0.3, -0.25) is 9.69 Å². The van der Waals surface area contributed by atoms with E-state index in [2.05, 4.69) is 10.2 Å². The summed E-state index contributed by atoms with van der Waals surface area (Å²) in [4.78, 5) is 14.7. The van der Waals surface area contributed by atoms with E-state index < -0.39 is 0 Å². The second kappa shape index (κ2) is 8.74. The maximum absolute atomic E-state index is 13.0. The predicted molar refractivity (Wildman–Crippen MR) is 96.0 cm³/mol. The van der Waals surface area contributed by atoms with E-state index in [1.165, 1.54) is 12.1 Å². The highest BCUT2D eigenvalue weighted by molar-refractivity contribution is 5.95. The average Bonchev–Trinajstić information content (AvgIpc) is 2.66. The van der Waals surface area contributed by atoms with Crippen molar-refractivity contribution in [2.45, 2.75) is 6.42 Å². The van der Waals surface area contributed by atoms with E-state index in [4.69, 9.17) is 4.74 Å². The van der Waals surface area contributed by atoms with Crippen molar-refractivity contribution >= 4 is 5.91 Å². The van der Waals surface area contributed by atoms with Gasteiger partial charge < -0.3 is 10.1 Å². The van der Waals surface area contributed by atoms with E-state index in [0.29, 0.717) is 12.1 Å². The van der Waals surface area contributed by atoms with E-state index in [-0.39, 0.29) is 11.7 Å². The Labute approximate surface area is 147 Å². The Morgan fingerprint density at radius 3 is 2.60 bits per heavy atom. The molecule has 1 amide bonds. The first-order valence-corrected chi connectivity index (χ1v) is 8.67. The van der Waals surface area contributed by atoms with Crippen LogP contribution in [0.15, 0.2) is 48.5 Å². The molecule has 5 heteroatoms. The van der Waals surface area contributed by atoms with Crippen LogP contribution < -0.4 is 5.32 Å². The molecule has 0 radical (unpaired) electrons. The number of morpholine rings is 1. The van der Waals surface area contributed by atoms with Crippen LogP contribution in [0.3, 0.4) is 0 Å². The maximum Gasteiger partial charge on any atom is 0.251 e. The van der Waals surface area contributed by atoms with Crippen molar-refractivity contribution in [3.63, 3.8) is 0 Å². The van der Waals surface area contributed by atoms with Gasteiger partial charge in [-0.25, -0.2) is 4.39 Å². The van der Waals surface area contributed by atoms with Gasteiger partial charge in [-0.15, -0.1) is 0 Å². The average molecular weight is 342 g/mol. The fraction of sp³-hybridized carbons (Fsp3) is 0.350. The molecule has 0 aromatic heterocycles. The molecule has 2 aromatic carbocycles. The van der Waals surface area contributed by atoms with Gasteiger partial charge in [0.05, 0.1) is 13.2 Å². The van der Waals surface area contributed by atoms with Gasteiger partial charge in [0.15, 0.2) is 0 Å². The molecule has 0 saturated carbocycles. The lowest BCUT2D eigenvalue weighted by Gasteiger charge is -2.26. The van der Waals surface area contributed by atoms with Crippen LogP contribution in [-0.2, 0) is 4.74 Å². The molecule has 0 bridgehead atoms. The monoisotopic (exact) mass is 342 g/mol. The number of hydrogen-bond acceptors (Lipinski definition) is 3. The highest BCUT2D eigenvalue weighted by Crippen LogP contribution is 2.20. The van der Waals surface area contributed by atoms with Crippen LogP contribution in [0.4, 0.5) is 4.39 Å². The normalized spacial score (nSPS) is 15.1. The topological polar surface area (TPSA) is 41.6 Å². The van der Waals surface area contributed by atoms with Crippen molar-refractivity contribution in [3.8, 4) is 11.1 Å². The molecule has 1 N–H and O–H groups in total. The van der Waals surface area contributed by atoms with E-state index >= 15 is 0 Å². The summed E-state index contributed by atoms with van der Waals surface area (Å²) in [6.45, 7) is 5.14. The summed E-state index contributed by atoms with van der Waals surface area (Å²) in [5, 5.41) is 2.97. The first-order valence-electron chi connectivity index (χ1n) is 8.67. The van der Waals surface area contributed by atoms with Crippen molar-refractivity contribution in [1.29, 1.82) is 0 Å². The summed E-state index contributed by atoms with van der Waals surface area (Å²) in [7, 11) is 0. The summed E-state index contributed by atoms with van der Waals surface area (Å²) in [5.74, 6) is -0.344. The third-order valence-corrected chi connectivity index (χ3v) is 4.34. The molecule has 2 aromatic rings. The Balaban J connectivity index is 1.51. The van der Waals surface area contributed by atoms with Crippen LogP contribution in [0, 0.1) is 5.82 Å². The number of carbonyl (C=O) groups excluding carboxylic acids is 1. The van der Waals surface area contributed by atoms with Gasteiger partial charge in [0.25, 0.3) is 5.91 Å². The van der Waals surface area contributed by atoms with Crippen LogP contribution in [0.25, 0.3) is 11.1 Å². The van der Waals surface area contributed by atoms with E-state index in [9.17, 15) is 9.18 Å². The minimum Gasteiger partial charge on any atom is -0.379 e. The summed E-state index contributed by atoms with van der Waals surface area (Å²) < 4.78 is 18.4. The first kappa shape index (κ1) is 17.6. The highest BCUT2D eigenvalue weighted by Gasteiger charge is 2.10. The van der Waals surface area contributed by atoms with Gasteiger partial charge in [-0.1, -0.05) is 24.3 Å². The molecule has 1 aliphatic heterocycles. The molecule has 0 spiro atoms. The van der Waals surface area contributed by atoms with Crippen LogP contribution in [0.5, 0.6) is 0 Å². The Morgan fingerprint density at radius 2 is 1.84 bits per heavy atom. The fourth-order valence-corrected chi connectivity index (χ4v) is 2.91. The van der Waals surface area contributed by atoms with Gasteiger partial charge in [0.2, 0.25) is 0 Å². The lowest BCUT2D eigenvalue weighted by molar-refractivity contribution is 0.0374. The van der Waals surface area contributed by atoms with Gasteiger partial charge >= 0.3 is 0 Å². The zero-order valence-electron chi connectivity index (χ0n) is 14.2. The Bertz CT molecular complexity index is 697. The number of rotatable bonds is 6. The second-order valence-electron chi connectivity index (χ2n) is 6.15. The number of nitrogens with zero attached hydrogens (tertiary/aromatic N) is 1. The number of amides is 1. The molecular formula is C20H23FN2O2. The number of halogens is 1. The lowest BCUT2D eigenvalue weighted by atomic mass is 10.0. The zero-order chi connectivity index (χ0) is 17.5. The minimum absolute atomic E-state index is 0.0778. The van der Waals surface area contributed by atoms with E-state index in [0.717, 1.165) is 50.4 Å². The molecule has 0 atom stereocenters. The molecule has 25 heavy (non-hydrogen) atoms. The smallest absolute Gasteiger partial charge is 0.251 e. The molecular weight excluding hydrogens is 319 g/mol. The maximum atomic E-state index is 13.0. The third-order valence-electron chi connectivity index (χ3n) is 4.34. The fourth-order valence-electron chi connectivity index (χ4n) is 2.91. The molecule has 0 aliphatic carbocycles. The molecule has 3 rings (SSSR count). The van der Waals surface area contributed by atoms with Crippen LogP contribution in [0.1, 0.15) is 16.8 Å². The Hall–Kier alpha value is -2.24. The van der Waals surface area contributed by atoms with Crippen molar-refractivity contribution in [2.75, 3.05) is 39.4 Å². The first-order chi connectivity index (χ1) is 12.2. The molecule has 1 heterocycles. The standard InChI is InChI=1S/C20H23FN2O2/c21-19-7-5-16(6-8-19)17-3-1-4-18(15-17)20(24)22-9-2-10-23-11-13-25-14-12-23/h1,3-8,15H,2,9-14H2,(H,22,24). The summed E-state index contributed by atoms with van der Waals surface area (Å²) in [5.41, 5.74) is 2.41.